The molecule has 1 saturated carbocycles. The standard InChI is InChI=1S/C26H36N2O10/c1-26(2,3)38-25(35)28(4)13-16-5-7-17(8-6-16)24(34)27-12-19(29)18-9-10-20(36-14-22(30)31)21(11-18)37-15-23(32)33/h9-11,16-17H,5-8,12-15H2,1-4H3,(H,27,34)(H,30,31)(H,32,33)/t16-,17-. The third-order valence-electron chi connectivity index (χ3n) is 5.85. The number of hydrogen-bond acceptors (Lipinski definition) is 8. The van der Waals surface area contributed by atoms with Crippen LogP contribution in [0.25, 0.3) is 0 Å². The lowest BCUT2D eigenvalue weighted by Gasteiger charge is -2.31. The summed E-state index contributed by atoms with van der Waals surface area (Å²) in [4.78, 5) is 60.7. The number of carboxylic acids is 2. The van der Waals surface area contributed by atoms with Crippen molar-refractivity contribution in [1.82, 2.24) is 10.2 Å². The molecule has 0 bridgehead atoms. The van der Waals surface area contributed by atoms with Gasteiger partial charge in [-0.1, -0.05) is 0 Å². The normalized spacial score (nSPS) is 17.2. The maximum absolute atomic E-state index is 12.7. The summed E-state index contributed by atoms with van der Waals surface area (Å²) in [5, 5.41) is 20.3. The summed E-state index contributed by atoms with van der Waals surface area (Å²) in [5.41, 5.74) is -0.427. The van der Waals surface area contributed by atoms with Gasteiger partial charge in [0.2, 0.25) is 5.91 Å². The minimum Gasteiger partial charge on any atom is -0.479 e. The van der Waals surface area contributed by atoms with E-state index >= 15 is 0 Å². The lowest BCUT2D eigenvalue weighted by atomic mass is 9.81. The van der Waals surface area contributed by atoms with Crippen LogP contribution in [0.1, 0.15) is 56.8 Å². The van der Waals surface area contributed by atoms with Crippen molar-refractivity contribution in [2.24, 2.45) is 11.8 Å². The molecule has 1 fully saturated rings. The first-order chi connectivity index (χ1) is 17.7. The molecule has 0 unspecified atom stereocenters. The number of carbonyl (C=O) groups is 5. The minimum atomic E-state index is -1.26. The molecule has 0 aliphatic heterocycles. The van der Waals surface area contributed by atoms with Crippen LogP contribution in [0.15, 0.2) is 18.2 Å². The van der Waals surface area contributed by atoms with Gasteiger partial charge in [-0.3, -0.25) is 9.59 Å². The SMILES string of the molecule is CN(C[C@H]1CC[C@H](C(=O)NCC(=O)c2ccc(OCC(=O)O)c(OCC(=O)O)c2)CC1)C(=O)OC(C)(C)C. The summed E-state index contributed by atoms with van der Waals surface area (Å²) in [6.45, 7) is 4.32. The van der Waals surface area contributed by atoms with Crippen LogP contribution in [0.3, 0.4) is 0 Å². The lowest BCUT2D eigenvalue weighted by molar-refractivity contribution is -0.140. The van der Waals surface area contributed by atoms with Crippen molar-refractivity contribution in [3.8, 4) is 11.5 Å². The van der Waals surface area contributed by atoms with E-state index in [2.05, 4.69) is 5.32 Å². The van der Waals surface area contributed by atoms with E-state index in [0.717, 1.165) is 12.8 Å². The number of benzene rings is 1. The Morgan fingerprint density at radius 1 is 0.947 bits per heavy atom. The Labute approximate surface area is 221 Å². The Hall–Kier alpha value is -3.83. The molecule has 12 heteroatoms. The van der Waals surface area contributed by atoms with Crippen molar-refractivity contribution in [2.45, 2.75) is 52.1 Å². The Balaban J connectivity index is 1.87. The molecule has 210 valence electrons. The van der Waals surface area contributed by atoms with Crippen LogP contribution in [0.2, 0.25) is 0 Å². The number of carbonyl (C=O) groups excluding carboxylic acids is 3. The first-order valence-electron chi connectivity index (χ1n) is 12.3. The molecular formula is C26H36N2O10. The van der Waals surface area contributed by atoms with Crippen LogP contribution in [-0.2, 0) is 19.1 Å². The van der Waals surface area contributed by atoms with Gasteiger partial charge in [-0.25, -0.2) is 14.4 Å². The molecule has 1 aromatic rings. The summed E-state index contributed by atoms with van der Waals surface area (Å²) < 4.78 is 15.6. The van der Waals surface area contributed by atoms with E-state index in [1.807, 2.05) is 20.8 Å². The van der Waals surface area contributed by atoms with Crippen LogP contribution in [-0.4, -0.2) is 83.8 Å². The van der Waals surface area contributed by atoms with Gasteiger partial charge in [0.1, 0.15) is 5.60 Å². The number of nitrogens with zero attached hydrogens (tertiary/aromatic N) is 1. The quantitative estimate of drug-likeness (QED) is 0.338. The summed E-state index contributed by atoms with van der Waals surface area (Å²) in [6.07, 6.45) is 2.42. The Morgan fingerprint density at radius 2 is 1.53 bits per heavy atom. The first-order valence-corrected chi connectivity index (χ1v) is 12.3. The predicted octanol–water partition coefficient (Wildman–Crippen LogP) is 2.59. The zero-order chi connectivity index (χ0) is 28.5. The number of Topliss-reactive ketones (excluding diaryl/α,β-unsaturated/α-hetero) is 1. The Bertz CT molecular complexity index is 1030. The van der Waals surface area contributed by atoms with Crippen LogP contribution in [0, 0.1) is 11.8 Å². The fourth-order valence-corrected chi connectivity index (χ4v) is 4.02. The monoisotopic (exact) mass is 536 g/mol. The number of aliphatic carboxylic acids is 2. The molecule has 3 N–H and O–H groups in total. The summed E-state index contributed by atoms with van der Waals surface area (Å²) in [7, 11) is 1.70. The molecule has 2 amide bonds. The predicted molar refractivity (Wildman–Crippen MR) is 134 cm³/mol. The highest BCUT2D eigenvalue weighted by Crippen LogP contribution is 2.30. The number of carboxylic acid groups (broad SMARTS) is 2. The van der Waals surface area contributed by atoms with Crippen molar-refractivity contribution < 1.29 is 48.4 Å². The molecule has 1 aliphatic rings. The molecule has 1 aliphatic carbocycles. The number of ether oxygens (including phenoxy) is 3. The van der Waals surface area contributed by atoms with E-state index in [0.29, 0.717) is 19.4 Å². The number of amides is 2. The van der Waals surface area contributed by atoms with Gasteiger partial charge in [0.15, 0.2) is 30.5 Å². The average molecular weight is 537 g/mol. The number of rotatable bonds is 12. The molecule has 0 radical (unpaired) electrons. The highest BCUT2D eigenvalue weighted by atomic mass is 16.6. The zero-order valence-electron chi connectivity index (χ0n) is 22.2. The zero-order valence-corrected chi connectivity index (χ0v) is 22.2. The van der Waals surface area contributed by atoms with Crippen molar-refractivity contribution in [3.63, 3.8) is 0 Å². The highest BCUT2D eigenvalue weighted by Gasteiger charge is 2.29. The number of ketones is 1. The maximum atomic E-state index is 12.7. The molecule has 1 aromatic carbocycles. The summed E-state index contributed by atoms with van der Waals surface area (Å²) in [5.74, 6) is -3.28. The van der Waals surface area contributed by atoms with E-state index in [1.165, 1.54) is 18.2 Å². The second-order valence-electron chi connectivity index (χ2n) is 10.2. The van der Waals surface area contributed by atoms with Crippen molar-refractivity contribution in [1.29, 1.82) is 0 Å². The fourth-order valence-electron chi connectivity index (χ4n) is 4.02. The first kappa shape index (κ1) is 30.4. The molecule has 0 heterocycles. The van der Waals surface area contributed by atoms with Gasteiger partial charge in [-0.2, -0.15) is 0 Å². The number of hydrogen-bond donors (Lipinski definition) is 3. The van der Waals surface area contributed by atoms with Crippen LogP contribution < -0.4 is 14.8 Å². The van der Waals surface area contributed by atoms with Gasteiger partial charge in [0.05, 0.1) is 6.54 Å². The second-order valence-corrected chi connectivity index (χ2v) is 10.2. The Kier molecular flexibility index (Phi) is 10.9. The molecule has 0 atom stereocenters. The van der Waals surface area contributed by atoms with Crippen LogP contribution in [0.4, 0.5) is 4.79 Å². The molecule has 12 nitrogen and oxygen atoms in total. The molecule has 38 heavy (non-hydrogen) atoms. The average Bonchev–Trinajstić information content (AvgIpc) is 2.84. The second kappa shape index (κ2) is 13.6. The van der Waals surface area contributed by atoms with Crippen LogP contribution in [0.5, 0.6) is 11.5 Å². The summed E-state index contributed by atoms with van der Waals surface area (Å²) >= 11 is 0. The van der Waals surface area contributed by atoms with Gasteiger partial charge >= 0.3 is 18.0 Å². The van der Waals surface area contributed by atoms with Crippen molar-refractivity contribution in [2.75, 3.05) is 33.4 Å². The third-order valence-corrected chi connectivity index (χ3v) is 5.85. The molecule has 2 rings (SSSR count). The number of nitrogens with one attached hydrogen (secondary N) is 1. The fraction of sp³-hybridized carbons (Fsp3) is 0.577. The van der Waals surface area contributed by atoms with Gasteiger partial charge in [0, 0.05) is 25.1 Å². The van der Waals surface area contributed by atoms with Gasteiger partial charge < -0.3 is 34.6 Å². The smallest absolute Gasteiger partial charge is 0.410 e. The van der Waals surface area contributed by atoms with E-state index in [1.54, 1.807) is 11.9 Å². The highest BCUT2D eigenvalue weighted by molar-refractivity contribution is 6.00. The van der Waals surface area contributed by atoms with Crippen molar-refractivity contribution in [3.05, 3.63) is 23.8 Å². The topological polar surface area (TPSA) is 169 Å². The molecule has 0 spiro atoms. The van der Waals surface area contributed by atoms with E-state index in [-0.39, 0.29) is 47.4 Å². The molecule has 0 aromatic heterocycles. The van der Waals surface area contributed by atoms with Crippen LogP contribution >= 0.6 is 0 Å². The van der Waals surface area contributed by atoms with E-state index < -0.39 is 36.5 Å². The van der Waals surface area contributed by atoms with Gasteiger partial charge in [-0.15, -0.1) is 0 Å². The lowest BCUT2D eigenvalue weighted by Crippen LogP contribution is -2.39. The Morgan fingerprint density at radius 3 is 2.08 bits per heavy atom. The van der Waals surface area contributed by atoms with Gasteiger partial charge in [0.25, 0.3) is 0 Å². The largest absolute Gasteiger partial charge is 0.479 e. The van der Waals surface area contributed by atoms with E-state index in [9.17, 15) is 24.0 Å². The van der Waals surface area contributed by atoms with Crippen molar-refractivity contribution >= 4 is 29.7 Å². The summed E-state index contributed by atoms with van der Waals surface area (Å²) in [6, 6.07) is 3.94. The third kappa shape index (κ3) is 10.3. The molecular weight excluding hydrogens is 500 g/mol. The van der Waals surface area contributed by atoms with E-state index in [4.69, 9.17) is 24.4 Å². The maximum Gasteiger partial charge on any atom is 0.410 e. The minimum absolute atomic E-state index is 0.0247. The molecule has 0 saturated heterocycles. The van der Waals surface area contributed by atoms with Gasteiger partial charge in [-0.05, 0) is 70.6 Å².